The molecule has 3 rings (SSSR count). The van der Waals surface area contributed by atoms with Crippen LogP contribution in [0.25, 0.3) is 0 Å². The molecule has 1 aliphatic carbocycles. The molecule has 2 N–H and O–H groups in total. The highest BCUT2D eigenvalue weighted by molar-refractivity contribution is 5.79. The molecule has 6 nitrogen and oxygen atoms in total. The Bertz CT molecular complexity index is 762. The van der Waals surface area contributed by atoms with E-state index in [1.807, 2.05) is 27.7 Å². The highest BCUT2D eigenvalue weighted by Crippen LogP contribution is 2.30. The van der Waals surface area contributed by atoms with Crippen LogP contribution in [0.1, 0.15) is 58.1 Å². The second-order valence-electron chi connectivity index (χ2n) is 9.17. The van der Waals surface area contributed by atoms with Gasteiger partial charge in [0, 0.05) is 24.7 Å². The fraction of sp³-hybridized carbons (Fsp3) is 0.619. The van der Waals surface area contributed by atoms with Gasteiger partial charge in [-0.1, -0.05) is 6.07 Å². The van der Waals surface area contributed by atoms with Crippen LogP contribution in [0, 0.1) is 5.82 Å². The van der Waals surface area contributed by atoms with Crippen LogP contribution in [0.15, 0.2) is 18.2 Å². The number of hydrogen-bond acceptors (Lipinski definition) is 4. The highest BCUT2D eigenvalue weighted by atomic mass is 19.1. The molecule has 1 heterocycles. The number of carbonyl (C=O) groups excluding carboxylic acids is 2. The molecule has 0 radical (unpaired) electrons. The van der Waals surface area contributed by atoms with Crippen molar-refractivity contribution in [2.75, 3.05) is 6.54 Å². The number of alkyl carbamates (subject to hydrolysis) is 1. The maximum atomic E-state index is 13.3. The molecule has 1 aromatic carbocycles. The normalized spacial score (nSPS) is 24.2. The second kappa shape index (κ2) is 7.70. The Morgan fingerprint density at radius 3 is 2.71 bits per heavy atom. The molecule has 0 aromatic heterocycles. The van der Waals surface area contributed by atoms with Crippen molar-refractivity contribution in [1.29, 1.82) is 0 Å². The van der Waals surface area contributed by atoms with Crippen molar-refractivity contribution in [2.45, 2.75) is 77.2 Å². The number of carbonyl (C=O) groups is 2. The molecule has 0 saturated heterocycles. The molecule has 1 aromatic rings. The van der Waals surface area contributed by atoms with Gasteiger partial charge in [-0.05, 0) is 70.2 Å². The monoisotopic (exact) mass is 391 g/mol. The van der Waals surface area contributed by atoms with Gasteiger partial charge in [-0.3, -0.25) is 4.79 Å². The van der Waals surface area contributed by atoms with E-state index in [2.05, 4.69) is 10.6 Å². The first kappa shape index (κ1) is 20.6. The summed E-state index contributed by atoms with van der Waals surface area (Å²) in [7, 11) is 0. The lowest BCUT2D eigenvalue weighted by atomic mass is 10.0. The molecular weight excluding hydrogens is 361 g/mol. The van der Waals surface area contributed by atoms with Crippen molar-refractivity contribution in [3.8, 4) is 0 Å². The summed E-state index contributed by atoms with van der Waals surface area (Å²) >= 11 is 0. The minimum atomic E-state index is -0.528. The van der Waals surface area contributed by atoms with Gasteiger partial charge in [-0.25, -0.2) is 9.18 Å². The zero-order chi connectivity index (χ0) is 20.5. The maximum Gasteiger partial charge on any atom is 0.408 e. The maximum absolute atomic E-state index is 13.3. The smallest absolute Gasteiger partial charge is 0.408 e. The number of benzene rings is 1. The molecule has 1 saturated carbocycles. The fourth-order valence-corrected chi connectivity index (χ4v) is 3.96. The molecule has 1 fully saturated rings. The average Bonchev–Trinajstić information content (AvgIpc) is 3.13. The molecule has 7 heteroatoms. The van der Waals surface area contributed by atoms with Crippen LogP contribution in [0.3, 0.4) is 0 Å². The highest BCUT2D eigenvalue weighted by Gasteiger charge is 2.37. The topological polar surface area (TPSA) is 70.7 Å². The lowest BCUT2D eigenvalue weighted by molar-refractivity contribution is -0.131. The van der Waals surface area contributed by atoms with Crippen molar-refractivity contribution in [1.82, 2.24) is 15.5 Å². The predicted octanol–water partition coefficient (Wildman–Crippen LogP) is 3.09. The second-order valence-corrected chi connectivity index (χ2v) is 9.17. The zero-order valence-electron chi connectivity index (χ0n) is 17.1. The van der Waals surface area contributed by atoms with Crippen molar-refractivity contribution in [3.05, 3.63) is 35.1 Å². The van der Waals surface area contributed by atoms with Gasteiger partial charge in [0.05, 0.1) is 6.54 Å². The summed E-state index contributed by atoms with van der Waals surface area (Å²) in [5.74, 6) is -0.265. The van der Waals surface area contributed by atoms with Gasteiger partial charge in [0.2, 0.25) is 5.91 Å². The molecule has 0 spiro atoms. The van der Waals surface area contributed by atoms with E-state index in [1.54, 1.807) is 11.0 Å². The molecule has 2 atom stereocenters. The number of hydrogen-bond donors (Lipinski definition) is 2. The van der Waals surface area contributed by atoms with Crippen LogP contribution < -0.4 is 10.6 Å². The first-order chi connectivity index (χ1) is 13.0. The van der Waals surface area contributed by atoms with Gasteiger partial charge in [0.15, 0.2) is 0 Å². The molecule has 0 bridgehead atoms. The number of rotatable bonds is 4. The van der Waals surface area contributed by atoms with E-state index >= 15 is 0 Å². The summed E-state index contributed by atoms with van der Waals surface area (Å²) in [6.07, 6.45) is 2.04. The predicted molar refractivity (Wildman–Crippen MR) is 104 cm³/mol. The minimum absolute atomic E-state index is 0.00492. The van der Waals surface area contributed by atoms with Gasteiger partial charge in [0.25, 0.3) is 0 Å². The summed E-state index contributed by atoms with van der Waals surface area (Å²) in [4.78, 5) is 26.3. The number of fused-ring (bicyclic) bond motifs is 1. The van der Waals surface area contributed by atoms with Gasteiger partial charge < -0.3 is 20.3 Å². The molecular formula is C21H30FN3O3. The van der Waals surface area contributed by atoms with E-state index < -0.39 is 11.7 Å². The molecule has 2 amide bonds. The Hall–Kier alpha value is -2.15. The number of amides is 2. The van der Waals surface area contributed by atoms with Crippen LogP contribution >= 0.6 is 0 Å². The number of nitrogens with one attached hydrogen (secondary N) is 2. The molecule has 2 aliphatic rings. The third kappa shape index (κ3) is 5.22. The fourth-order valence-electron chi connectivity index (χ4n) is 3.96. The summed E-state index contributed by atoms with van der Waals surface area (Å²) < 4.78 is 18.7. The van der Waals surface area contributed by atoms with Crippen LogP contribution in [-0.4, -0.2) is 40.6 Å². The molecule has 154 valence electrons. The van der Waals surface area contributed by atoms with Crippen molar-refractivity contribution in [3.63, 3.8) is 0 Å². The minimum Gasteiger partial charge on any atom is -0.444 e. The molecule has 2 unspecified atom stereocenters. The number of halogens is 1. The van der Waals surface area contributed by atoms with E-state index in [0.717, 1.165) is 30.4 Å². The summed E-state index contributed by atoms with van der Waals surface area (Å²) in [5.41, 5.74) is 1.01. The Balaban J connectivity index is 1.45. The van der Waals surface area contributed by atoms with Gasteiger partial charge in [-0.2, -0.15) is 0 Å². The van der Waals surface area contributed by atoms with Gasteiger partial charge in [-0.15, -0.1) is 0 Å². The third-order valence-corrected chi connectivity index (χ3v) is 5.33. The van der Waals surface area contributed by atoms with Crippen LogP contribution in [0.2, 0.25) is 0 Å². The van der Waals surface area contributed by atoms with E-state index in [1.165, 1.54) is 12.1 Å². The Labute approximate surface area is 165 Å². The molecule has 28 heavy (non-hydrogen) atoms. The van der Waals surface area contributed by atoms with E-state index in [9.17, 15) is 14.0 Å². The van der Waals surface area contributed by atoms with Gasteiger partial charge >= 0.3 is 6.09 Å². The third-order valence-electron chi connectivity index (χ3n) is 5.33. The molecule has 1 aliphatic heterocycles. The lowest BCUT2D eigenvalue weighted by Crippen LogP contribution is -2.47. The first-order valence-electron chi connectivity index (χ1n) is 9.83. The van der Waals surface area contributed by atoms with E-state index in [4.69, 9.17) is 4.74 Å². The zero-order valence-corrected chi connectivity index (χ0v) is 17.1. The summed E-state index contributed by atoms with van der Waals surface area (Å²) in [5, 5.41) is 6.29. The van der Waals surface area contributed by atoms with Crippen LogP contribution in [0.5, 0.6) is 0 Å². The van der Waals surface area contributed by atoms with E-state index in [-0.39, 0.29) is 29.8 Å². The Morgan fingerprint density at radius 1 is 1.29 bits per heavy atom. The van der Waals surface area contributed by atoms with E-state index in [0.29, 0.717) is 13.1 Å². The standard InChI is InChI=1S/C21H30FN3O3/c1-20(2,3)28-19(27)24-21(4)8-7-17(10-21)23-11-18(26)25-12-14-5-6-16(22)9-15(14)13-25/h5-6,9,17,23H,7-8,10-13H2,1-4H3,(H,24,27). The Kier molecular flexibility index (Phi) is 5.66. The Morgan fingerprint density at radius 2 is 2.00 bits per heavy atom. The quantitative estimate of drug-likeness (QED) is 0.828. The lowest BCUT2D eigenvalue weighted by Gasteiger charge is -2.28. The summed E-state index contributed by atoms with van der Waals surface area (Å²) in [6.45, 7) is 8.74. The summed E-state index contributed by atoms with van der Waals surface area (Å²) in [6, 6.07) is 4.84. The SMILES string of the molecule is CC1(NC(=O)OC(C)(C)C)CCC(NCC(=O)N2Cc3ccc(F)cc3C2)C1. The van der Waals surface area contributed by atoms with Gasteiger partial charge in [0.1, 0.15) is 11.4 Å². The largest absolute Gasteiger partial charge is 0.444 e. The van der Waals surface area contributed by atoms with Crippen molar-refractivity contribution >= 4 is 12.0 Å². The van der Waals surface area contributed by atoms with Crippen molar-refractivity contribution < 1.29 is 18.7 Å². The van der Waals surface area contributed by atoms with Crippen LogP contribution in [-0.2, 0) is 22.6 Å². The average molecular weight is 391 g/mol. The number of nitrogens with zero attached hydrogens (tertiary/aromatic N) is 1. The van der Waals surface area contributed by atoms with Crippen molar-refractivity contribution in [2.24, 2.45) is 0 Å². The first-order valence-corrected chi connectivity index (χ1v) is 9.83. The number of ether oxygens (including phenoxy) is 1. The van der Waals surface area contributed by atoms with Crippen LogP contribution in [0.4, 0.5) is 9.18 Å².